The number of ether oxygens (including phenoxy) is 6. The Labute approximate surface area is 416 Å². The minimum absolute atomic E-state index is 0.0105. The molecule has 5 N–H and O–H groups in total. The molecule has 8 aromatic rings. The number of hydrogen-bond acceptors (Lipinski definition) is 14. The van der Waals surface area contributed by atoms with Crippen LogP contribution in [0.1, 0.15) is 41.8 Å². The van der Waals surface area contributed by atoms with Crippen LogP contribution >= 0.6 is 15.9 Å². The lowest BCUT2D eigenvalue weighted by Crippen LogP contribution is -2.50. The molecule has 0 bridgehead atoms. The number of nitrogen functional groups attached to an aromatic ring is 2. The number of aromatic nitrogens is 6. The fourth-order valence-electron chi connectivity index (χ4n) is 8.18. The van der Waals surface area contributed by atoms with Gasteiger partial charge in [-0.25, -0.2) is 32.6 Å². The van der Waals surface area contributed by atoms with Crippen molar-refractivity contribution < 1.29 is 47.1 Å². The van der Waals surface area contributed by atoms with Crippen molar-refractivity contribution in [3.8, 4) is 0 Å². The summed E-state index contributed by atoms with van der Waals surface area (Å²) in [7, 11) is 0. The van der Waals surface area contributed by atoms with Gasteiger partial charge in [0.25, 0.3) is 0 Å². The molecule has 370 valence electrons. The maximum atomic E-state index is 16.6. The first-order chi connectivity index (χ1) is 34.3. The fourth-order valence-corrected chi connectivity index (χ4v) is 8.60. The highest BCUT2D eigenvalue weighted by Crippen LogP contribution is 2.49. The summed E-state index contributed by atoms with van der Waals surface area (Å²) < 4.78 is 69.5. The Kier molecular flexibility index (Phi) is 16.1. The normalized spacial score (nSPS) is 23.7. The Bertz CT molecular complexity index is 2970. The lowest BCUT2D eigenvalue weighted by atomic mass is 9.89. The van der Waals surface area contributed by atoms with E-state index in [1.807, 2.05) is 133 Å². The Balaban J connectivity index is 0.000000162. The minimum atomic E-state index is -2.37. The molecule has 2 fully saturated rings. The summed E-state index contributed by atoms with van der Waals surface area (Å²) >= 11 is 3.32. The molecule has 4 aromatic carbocycles. The van der Waals surface area contributed by atoms with Crippen molar-refractivity contribution in [2.24, 2.45) is 0 Å². The van der Waals surface area contributed by atoms with E-state index in [0.717, 1.165) is 32.4 Å². The van der Waals surface area contributed by atoms with Gasteiger partial charge in [0, 0.05) is 0 Å². The lowest BCUT2D eigenvalue weighted by molar-refractivity contribution is -0.258. The van der Waals surface area contributed by atoms with Gasteiger partial charge >= 0.3 is 5.97 Å². The number of anilines is 2. The number of alkyl halides is 2. The SMILES string of the molecule is C[C@@]1(F)[C@H](OCc2ccccc2)[C@@H](COCc2ccccc2)OC1(O)c1ccc2c(N)ncnn12.C[C@]1(F)C(=O)O[C@H](COCc2ccccc2)[C@H]1OCc1ccccc1.Nc1ncnn2c(Br)ccc12. The molecule has 0 saturated carbocycles. The number of benzene rings is 4. The van der Waals surface area contributed by atoms with Gasteiger partial charge in [-0.15, -0.1) is 0 Å². The van der Waals surface area contributed by atoms with Crippen molar-refractivity contribution in [1.29, 1.82) is 0 Å². The average molecular weight is 1040 g/mol. The Hall–Kier alpha value is -6.71. The zero-order chi connectivity index (χ0) is 50.0. The summed E-state index contributed by atoms with van der Waals surface area (Å²) in [6.07, 6.45) is -1.14. The number of esters is 1. The maximum absolute atomic E-state index is 16.6. The third-order valence-corrected chi connectivity index (χ3v) is 12.6. The number of cyclic esters (lactones) is 1. The molecule has 0 radical (unpaired) electrons. The number of halogens is 3. The quantitative estimate of drug-likeness (QED) is 0.0836. The Morgan fingerprint density at radius 3 is 1.56 bits per heavy atom. The summed E-state index contributed by atoms with van der Waals surface area (Å²) in [6.45, 7) is 3.58. The molecule has 4 aromatic heterocycles. The molecule has 6 heterocycles. The van der Waals surface area contributed by atoms with Crippen molar-refractivity contribution >= 4 is 44.6 Å². The first-order valence-corrected chi connectivity index (χ1v) is 23.4. The van der Waals surface area contributed by atoms with E-state index in [2.05, 4.69) is 36.1 Å². The molecular weight excluding hydrogens is 983 g/mol. The summed E-state index contributed by atoms with van der Waals surface area (Å²) in [5.74, 6) is -2.58. The van der Waals surface area contributed by atoms with Crippen molar-refractivity contribution in [3.05, 3.63) is 191 Å². The van der Waals surface area contributed by atoms with Gasteiger partial charge in [0.1, 0.15) is 52.3 Å². The summed E-state index contributed by atoms with van der Waals surface area (Å²) in [5, 5.41) is 19.8. The first-order valence-electron chi connectivity index (χ1n) is 22.6. The van der Waals surface area contributed by atoms with E-state index in [1.165, 1.54) is 37.1 Å². The third-order valence-electron chi connectivity index (χ3n) is 12.0. The van der Waals surface area contributed by atoms with E-state index >= 15 is 4.39 Å². The van der Waals surface area contributed by atoms with Crippen LogP contribution < -0.4 is 11.5 Å². The molecule has 2 aliphatic rings. The molecule has 2 aliphatic heterocycles. The van der Waals surface area contributed by atoms with Gasteiger partial charge in [-0.2, -0.15) is 10.2 Å². The van der Waals surface area contributed by atoms with Crippen molar-refractivity contribution in [3.63, 3.8) is 0 Å². The predicted molar refractivity (Wildman–Crippen MR) is 262 cm³/mol. The van der Waals surface area contributed by atoms with E-state index in [0.29, 0.717) is 24.5 Å². The number of fused-ring (bicyclic) bond motifs is 2. The van der Waals surface area contributed by atoms with Gasteiger partial charge in [-0.1, -0.05) is 121 Å². The van der Waals surface area contributed by atoms with Crippen LogP contribution in [0, 0.1) is 0 Å². The molecule has 10 rings (SSSR count). The number of nitrogens with two attached hydrogens (primary N) is 2. The zero-order valence-corrected chi connectivity index (χ0v) is 40.4. The zero-order valence-electron chi connectivity index (χ0n) is 38.8. The van der Waals surface area contributed by atoms with Gasteiger partial charge in [0.05, 0.1) is 39.6 Å². The van der Waals surface area contributed by atoms with Gasteiger partial charge in [0.15, 0.2) is 23.4 Å². The van der Waals surface area contributed by atoms with Crippen LogP contribution in [0.15, 0.2) is 163 Å². The Morgan fingerprint density at radius 2 is 1.06 bits per heavy atom. The molecule has 19 heteroatoms. The van der Waals surface area contributed by atoms with E-state index in [-0.39, 0.29) is 37.9 Å². The highest BCUT2D eigenvalue weighted by molar-refractivity contribution is 9.10. The molecule has 1 unspecified atom stereocenters. The molecule has 16 nitrogen and oxygen atoms in total. The molecule has 2 saturated heterocycles. The van der Waals surface area contributed by atoms with Crippen LogP contribution in [-0.2, 0) is 65.4 Å². The van der Waals surface area contributed by atoms with E-state index in [4.69, 9.17) is 39.9 Å². The molecule has 0 aliphatic carbocycles. The maximum Gasteiger partial charge on any atom is 0.346 e. The minimum Gasteiger partial charge on any atom is -0.455 e. The molecule has 0 amide bonds. The van der Waals surface area contributed by atoms with Crippen molar-refractivity contribution in [2.45, 2.75) is 81.8 Å². The van der Waals surface area contributed by atoms with Crippen LogP contribution in [0.25, 0.3) is 11.0 Å². The second kappa shape index (κ2) is 22.6. The smallest absolute Gasteiger partial charge is 0.346 e. The van der Waals surface area contributed by atoms with Crippen LogP contribution in [0.3, 0.4) is 0 Å². The monoisotopic (exact) mass is 1030 g/mol. The second-order valence-electron chi connectivity index (χ2n) is 17.1. The van der Waals surface area contributed by atoms with Crippen molar-refractivity contribution in [2.75, 3.05) is 24.7 Å². The van der Waals surface area contributed by atoms with Gasteiger partial charge in [-0.05, 0) is 76.3 Å². The standard InChI is InChI=1S/C26H27FN4O4.C20H21FO4.C6H5BrN4/c1-25(27)23(34-15-19-10-6-3-7-11-19)21(16-33-14-18-8-4-2-5-9-18)35-26(25,32)22-13-12-20-24(28)29-17-30-31(20)22;1-20(21)18(24-13-16-10-6-3-7-11-16)17(25-19(20)22)14-23-12-15-8-4-2-5-9-15;7-5-2-1-4-6(8)9-3-10-11(4)5/h2-13,17,21,23,32H,14-16H2,1H3,(H2,28,29,30);2-11,17-18H,12-14H2,1H3;1-3H,(H2,8,9,10)/t21-,23-,25-,26?;17-,18-,20-;/m11./s1. The summed E-state index contributed by atoms with van der Waals surface area (Å²) in [5.41, 5.74) is 12.1. The largest absolute Gasteiger partial charge is 0.455 e. The van der Waals surface area contributed by atoms with Crippen LogP contribution in [0.5, 0.6) is 0 Å². The van der Waals surface area contributed by atoms with Crippen LogP contribution in [0.4, 0.5) is 20.4 Å². The second-order valence-corrected chi connectivity index (χ2v) is 17.9. The fraction of sp³-hybridized carbons (Fsp3) is 0.288. The summed E-state index contributed by atoms with van der Waals surface area (Å²) in [4.78, 5) is 19.6. The van der Waals surface area contributed by atoms with Crippen LogP contribution in [-0.4, -0.2) is 89.2 Å². The van der Waals surface area contributed by atoms with E-state index in [1.54, 1.807) is 10.6 Å². The summed E-state index contributed by atoms with van der Waals surface area (Å²) in [6, 6.07) is 45.0. The average Bonchev–Trinajstić information content (AvgIpc) is 4.10. The number of nitrogens with zero attached hydrogens (tertiary/aromatic N) is 6. The lowest BCUT2D eigenvalue weighted by Gasteiger charge is -2.33. The third kappa shape index (κ3) is 11.6. The molecule has 0 spiro atoms. The van der Waals surface area contributed by atoms with Gasteiger partial charge in [0.2, 0.25) is 11.5 Å². The van der Waals surface area contributed by atoms with Gasteiger partial charge < -0.3 is 45.0 Å². The van der Waals surface area contributed by atoms with Gasteiger partial charge in [-0.3, -0.25) is 0 Å². The Morgan fingerprint density at radius 1 is 0.620 bits per heavy atom. The highest BCUT2D eigenvalue weighted by Gasteiger charge is 2.67. The van der Waals surface area contributed by atoms with E-state index in [9.17, 15) is 14.3 Å². The number of rotatable bonds is 15. The molecule has 7 atom stereocenters. The number of carbonyl (C=O) groups is 1. The highest BCUT2D eigenvalue weighted by atomic mass is 79.9. The predicted octanol–water partition coefficient (Wildman–Crippen LogP) is 7.90. The molecular formula is C52H53BrF2N8O8. The van der Waals surface area contributed by atoms with Crippen molar-refractivity contribution in [1.82, 2.24) is 29.2 Å². The van der Waals surface area contributed by atoms with E-state index < -0.39 is 47.5 Å². The molecule has 71 heavy (non-hydrogen) atoms. The first kappa shape index (κ1) is 50.7. The number of carbonyl (C=O) groups excluding carboxylic acids is 1. The number of aliphatic hydroxyl groups is 1. The topological polar surface area (TPSA) is 205 Å². The van der Waals surface area contributed by atoms with Crippen LogP contribution in [0.2, 0.25) is 0 Å². The number of hydrogen-bond donors (Lipinski definition) is 3.